The third-order valence-corrected chi connectivity index (χ3v) is 2.64. The second-order valence-electron chi connectivity index (χ2n) is 3.76. The Balaban J connectivity index is 2.61. The molecule has 2 aromatic rings. The van der Waals surface area contributed by atoms with E-state index in [4.69, 9.17) is 15.7 Å². The van der Waals surface area contributed by atoms with Crippen molar-refractivity contribution in [3.8, 4) is 22.9 Å². The summed E-state index contributed by atoms with van der Waals surface area (Å²) in [5.74, 6) is 0.0927. The fraction of sp³-hybridized carbons (Fsp3) is 0.0714. The number of methoxy groups -OCH3 is 1. The Hall–Kier alpha value is -2.54. The van der Waals surface area contributed by atoms with Gasteiger partial charge in [-0.05, 0) is 35.9 Å². The summed E-state index contributed by atoms with van der Waals surface area (Å²) in [6.45, 7) is 0. The van der Waals surface area contributed by atoms with Crippen LogP contribution in [0.25, 0.3) is 11.1 Å². The zero-order valence-corrected chi connectivity index (χ0v) is 9.77. The normalized spacial score (nSPS) is 9.83. The number of rotatable bonds is 2. The lowest BCUT2D eigenvalue weighted by atomic mass is 10.0. The van der Waals surface area contributed by atoms with Crippen LogP contribution in [0.4, 0.5) is 10.1 Å². The van der Waals surface area contributed by atoms with Crippen molar-refractivity contribution in [1.29, 1.82) is 5.26 Å². The molecule has 0 saturated carbocycles. The Morgan fingerprint density at radius 3 is 2.61 bits per heavy atom. The van der Waals surface area contributed by atoms with Crippen molar-refractivity contribution in [2.75, 3.05) is 12.8 Å². The Kier molecular flexibility index (Phi) is 3.16. The van der Waals surface area contributed by atoms with Gasteiger partial charge in [-0.2, -0.15) is 5.26 Å². The quantitative estimate of drug-likeness (QED) is 0.823. The zero-order valence-electron chi connectivity index (χ0n) is 9.77. The van der Waals surface area contributed by atoms with Crippen molar-refractivity contribution < 1.29 is 9.13 Å². The van der Waals surface area contributed by atoms with Gasteiger partial charge in [0.1, 0.15) is 11.6 Å². The Morgan fingerprint density at radius 1 is 1.22 bits per heavy atom. The van der Waals surface area contributed by atoms with Crippen LogP contribution in [0.1, 0.15) is 5.56 Å². The monoisotopic (exact) mass is 242 g/mol. The standard InChI is InChI=1S/C14H11FN2O/c1-18-14-5-2-9(8-16)6-11(14)10-3-4-13(17)12(15)7-10/h2-7H,17H2,1H3. The van der Waals surface area contributed by atoms with E-state index in [1.807, 2.05) is 6.07 Å². The zero-order chi connectivity index (χ0) is 13.1. The second-order valence-corrected chi connectivity index (χ2v) is 3.76. The lowest BCUT2D eigenvalue weighted by Crippen LogP contribution is -1.93. The lowest BCUT2D eigenvalue weighted by Gasteiger charge is -2.09. The summed E-state index contributed by atoms with van der Waals surface area (Å²) in [7, 11) is 1.53. The Morgan fingerprint density at radius 2 is 2.00 bits per heavy atom. The van der Waals surface area contributed by atoms with E-state index in [0.717, 1.165) is 0 Å². The number of nitrogen functional groups attached to an aromatic ring is 1. The van der Waals surface area contributed by atoms with Crippen LogP contribution < -0.4 is 10.5 Å². The van der Waals surface area contributed by atoms with E-state index in [-0.39, 0.29) is 5.69 Å². The minimum atomic E-state index is -0.489. The molecule has 0 spiro atoms. The van der Waals surface area contributed by atoms with E-state index in [0.29, 0.717) is 22.4 Å². The third-order valence-electron chi connectivity index (χ3n) is 2.64. The van der Waals surface area contributed by atoms with Gasteiger partial charge in [-0.3, -0.25) is 0 Å². The number of benzene rings is 2. The highest BCUT2D eigenvalue weighted by molar-refractivity contribution is 5.73. The molecule has 0 saturated heterocycles. The van der Waals surface area contributed by atoms with Gasteiger partial charge in [-0.25, -0.2) is 4.39 Å². The van der Waals surface area contributed by atoms with Crippen LogP contribution in [0, 0.1) is 17.1 Å². The molecule has 2 N–H and O–H groups in total. The first kappa shape index (κ1) is 11.9. The van der Waals surface area contributed by atoms with Crippen LogP contribution in [0.5, 0.6) is 5.75 Å². The lowest BCUT2D eigenvalue weighted by molar-refractivity contribution is 0.416. The van der Waals surface area contributed by atoms with Gasteiger partial charge in [0.05, 0.1) is 24.4 Å². The number of anilines is 1. The first-order chi connectivity index (χ1) is 8.65. The topological polar surface area (TPSA) is 59.0 Å². The minimum absolute atomic E-state index is 0.0918. The van der Waals surface area contributed by atoms with Crippen molar-refractivity contribution in [3.05, 3.63) is 47.8 Å². The van der Waals surface area contributed by atoms with Crippen LogP contribution in [-0.4, -0.2) is 7.11 Å². The molecule has 0 aromatic heterocycles. The van der Waals surface area contributed by atoms with Gasteiger partial charge < -0.3 is 10.5 Å². The van der Waals surface area contributed by atoms with Crippen LogP contribution in [0.3, 0.4) is 0 Å². The summed E-state index contributed by atoms with van der Waals surface area (Å²) in [6.07, 6.45) is 0. The molecule has 2 rings (SSSR count). The van der Waals surface area contributed by atoms with Crippen molar-refractivity contribution >= 4 is 5.69 Å². The van der Waals surface area contributed by atoms with Gasteiger partial charge in [0, 0.05) is 5.56 Å². The largest absolute Gasteiger partial charge is 0.496 e. The van der Waals surface area contributed by atoms with Crippen molar-refractivity contribution in [3.63, 3.8) is 0 Å². The fourth-order valence-electron chi connectivity index (χ4n) is 1.70. The molecular formula is C14H11FN2O. The molecule has 0 aliphatic rings. The maximum atomic E-state index is 13.5. The Labute approximate surface area is 104 Å². The molecular weight excluding hydrogens is 231 g/mol. The van der Waals surface area contributed by atoms with E-state index >= 15 is 0 Å². The number of nitrogens with zero attached hydrogens (tertiary/aromatic N) is 1. The first-order valence-electron chi connectivity index (χ1n) is 5.29. The van der Waals surface area contributed by atoms with E-state index in [9.17, 15) is 4.39 Å². The molecule has 90 valence electrons. The Bertz CT molecular complexity index is 632. The van der Waals surface area contributed by atoms with Crippen molar-refractivity contribution in [2.45, 2.75) is 0 Å². The molecule has 0 aliphatic carbocycles. The molecule has 2 aromatic carbocycles. The van der Waals surface area contributed by atoms with Crippen molar-refractivity contribution in [1.82, 2.24) is 0 Å². The summed E-state index contributed by atoms with van der Waals surface area (Å²) in [5.41, 5.74) is 7.30. The van der Waals surface area contributed by atoms with Crippen LogP contribution >= 0.6 is 0 Å². The van der Waals surface area contributed by atoms with Crippen LogP contribution in [-0.2, 0) is 0 Å². The molecule has 0 fully saturated rings. The smallest absolute Gasteiger partial charge is 0.146 e. The van der Waals surface area contributed by atoms with Gasteiger partial charge in [0.15, 0.2) is 0 Å². The molecule has 0 unspecified atom stereocenters. The van der Waals surface area contributed by atoms with E-state index in [2.05, 4.69) is 0 Å². The number of ether oxygens (including phenoxy) is 1. The van der Waals surface area contributed by atoms with E-state index < -0.39 is 5.82 Å². The second kappa shape index (κ2) is 4.76. The summed E-state index contributed by atoms with van der Waals surface area (Å²) in [6, 6.07) is 11.5. The van der Waals surface area contributed by atoms with E-state index in [1.165, 1.54) is 19.2 Å². The van der Waals surface area contributed by atoms with Gasteiger partial charge in [-0.1, -0.05) is 6.07 Å². The number of halogens is 1. The average Bonchev–Trinajstić information content (AvgIpc) is 2.41. The highest BCUT2D eigenvalue weighted by Crippen LogP contribution is 2.32. The third kappa shape index (κ3) is 2.11. The van der Waals surface area contributed by atoms with Gasteiger partial charge in [0.25, 0.3) is 0 Å². The van der Waals surface area contributed by atoms with Crippen LogP contribution in [0.15, 0.2) is 36.4 Å². The molecule has 0 bridgehead atoms. The van der Waals surface area contributed by atoms with Gasteiger partial charge >= 0.3 is 0 Å². The molecule has 0 aliphatic heterocycles. The predicted molar refractivity (Wildman–Crippen MR) is 67.5 cm³/mol. The number of hydrogen-bond donors (Lipinski definition) is 1. The molecule has 4 heteroatoms. The maximum Gasteiger partial charge on any atom is 0.146 e. The molecule has 3 nitrogen and oxygen atoms in total. The molecule has 0 amide bonds. The SMILES string of the molecule is COc1ccc(C#N)cc1-c1ccc(N)c(F)c1. The first-order valence-corrected chi connectivity index (χ1v) is 5.29. The van der Waals surface area contributed by atoms with Gasteiger partial charge in [0.2, 0.25) is 0 Å². The van der Waals surface area contributed by atoms with E-state index in [1.54, 1.807) is 24.3 Å². The molecule has 0 atom stereocenters. The van der Waals surface area contributed by atoms with Crippen LogP contribution in [0.2, 0.25) is 0 Å². The molecule has 18 heavy (non-hydrogen) atoms. The predicted octanol–water partition coefficient (Wildman–Crippen LogP) is 2.96. The molecule has 0 heterocycles. The summed E-state index contributed by atoms with van der Waals surface area (Å²) >= 11 is 0. The maximum absolute atomic E-state index is 13.5. The highest BCUT2D eigenvalue weighted by Gasteiger charge is 2.09. The summed E-state index contributed by atoms with van der Waals surface area (Å²) in [5, 5.41) is 8.89. The number of nitriles is 1. The van der Waals surface area contributed by atoms with Crippen molar-refractivity contribution in [2.24, 2.45) is 0 Å². The average molecular weight is 242 g/mol. The molecule has 0 radical (unpaired) electrons. The summed E-state index contributed by atoms with van der Waals surface area (Å²) < 4.78 is 18.7. The fourth-order valence-corrected chi connectivity index (χ4v) is 1.70. The highest BCUT2D eigenvalue weighted by atomic mass is 19.1. The number of nitrogens with two attached hydrogens (primary N) is 1. The summed E-state index contributed by atoms with van der Waals surface area (Å²) in [4.78, 5) is 0. The number of hydrogen-bond acceptors (Lipinski definition) is 3. The van der Waals surface area contributed by atoms with Gasteiger partial charge in [-0.15, -0.1) is 0 Å². The minimum Gasteiger partial charge on any atom is -0.496 e.